The van der Waals surface area contributed by atoms with Crippen LogP contribution in [-0.2, 0) is 14.4 Å². The minimum Gasteiger partial charge on any atom is -0.386 e. The van der Waals surface area contributed by atoms with Gasteiger partial charge in [0.1, 0.15) is 0 Å². The molecule has 1 atom stereocenters. The second-order valence-corrected chi connectivity index (χ2v) is 3.26. The summed E-state index contributed by atoms with van der Waals surface area (Å²) in [6.45, 7) is 5.41. The van der Waals surface area contributed by atoms with Gasteiger partial charge in [0.05, 0.1) is 6.67 Å². The number of carbonyl (C=O) groups is 2. The van der Waals surface area contributed by atoms with Crippen LogP contribution in [0.3, 0.4) is 0 Å². The van der Waals surface area contributed by atoms with Crippen LogP contribution in [0.15, 0.2) is 5.16 Å². The minimum absolute atomic E-state index is 0.0437. The van der Waals surface area contributed by atoms with Crippen molar-refractivity contribution in [2.75, 3.05) is 13.3 Å². The Morgan fingerprint density at radius 1 is 1.44 bits per heavy atom. The SMILES string of the molecule is C/C=N/OCC(=O)NCNC(=O)C(C)CC. The van der Waals surface area contributed by atoms with Crippen molar-refractivity contribution >= 4 is 18.0 Å². The van der Waals surface area contributed by atoms with Crippen molar-refractivity contribution in [3.8, 4) is 0 Å². The van der Waals surface area contributed by atoms with Crippen molar-refractivity contribution in [1.82, 2.24) is 10.6 Å². The summed E-state index contributed by atoms with van der Waals surface area (Å²) < 4.78 is 0. The van der Waals surface area contributed by atoms with Gasteiger partial charge in [-0.1, -0.05) is 19.0 Å². The lowest BCUT2D eigenvalue weighted by Crippen LogP contribution is -2.40. The van der Waals surface area contributed by atoms with Crippen molar-refractivity contribution in [2.24, 2.45) is 11.1 Å². The molecule has 92 valence electrons. The molecule has 0 spiro atoms. The molecule has 0 aromatic heterocycles. The van der Waals surface area contributed by atoms with Gasteiger partial charge in [0.25, 0.3) is 5.91 Å². The maximum absolute atomic E-state index is 11.3. The third-order valence-electron chi connectivity index (χ3n) is 1.98. The molecular weight excluding hydrogens is 210 g/mol. The van der Waals surface area contributed by atoms with Gasteiger partial charge < -0.3 is 15.5 Å². The molecule has 0 aliphatic carbocycles. The van der Waals surface area contributed by atoms with Gasteiger partial charge in [-0.15, -0.1) is 0 Å². The molecule has 0 rings (SSSR count). The lowest BCUT2D eigenvalue weighted by atomic mass is 10.1. The standard InChI is InChI=1S/C10H19N3O3/c1-4-8(3)10(15)12-7-11-9(14)6-16-13-5-2/h5,8H,4,6-7H2,1-3H3,(H,11,14)(H,12,15)/b13-5+. The Labute approximate surface area is 95.4 Å². The summed E-state index contributed by atoms with van der Waals surface area (Å²) >= 11 is 0. The number of nitrogens with one attached hydrogen (secondary N) is 2. The third-order valence-corrected chi connectivity index (χ3v) is 1.98. The predicted octanol–water partition coefficient (Wildman–Crippen LogP) is 0.245. The molecule has 1 unspecified atom stereocenters. The predicted molar refractivity (Wildman–Crippen MR) is 60.7 cm³/mol. The van der Waals surface area contributed by atoms with E-state index in [4.69, 9.17) is 0 Å². The van der Waals surface area contributed by atoms with E-state index in [1.807, 2.05) is 13.8 Å². The van der Waals surface area contributed by atoms with Gasteiger partial charge in [0, 0.05) is 12.1 Å². The summed E-state index contributed by atoms with van der Waals surface area (Å²) in [5.41, 5.74) is 0. The number of oxime groups is 1. The van der Waals surface area contributed by atoms with Crippen LogP contribution >= 0.6 is 0 Å². The van der Waals surface area contributed by atoms with E-state index in [1.54, 1.807) is 6.92 Å². The highest BCUT2D eigenvalue weighted by molar-refractivity contribution is 5.80. The van der Waals surface area contributed by atoms with Crippen molar-refractivity contribution in [3.05, 3.63) is 0 Å². The van der Waals surface area contributed by atoms with Gasteiger partial charge >= 0.3 is 0 Å². The molecule has 6 nitrogen and oxygen atoms in total. The van der Waals surface area contributed by atoms with E-state index in [1.165, 1.54) is 6.21 Å². The monoisotopic (exact) mass is 229 g/mol. The van der Waals surface area contributed by atoms with Crippen LogP contribution in [0.5, 0.6) is 0 Å². The zero-order valence-corrected chi connectivity index (χ0v) is 9.95. The molecule has 0 fully saturated rings. The first-order valence-electron chi connectivity index (χ1n) is 5.26. The van der Waals surface area contributed by atoms with Crippen LogP contribution in [0.4, 0.5) is 0 Å². The van der Waals surface area contributed by atoms with Crippen molar-refractivity contribution in [3.63, 3.8) is 0 Å². The normalized spacial score (nSPS) is 12.2. The lowest BCUT2D eigenvalue weighted by molar-refractivity contribution is -0.127. The molecule has 0 radical (unpaired) electrons. The quantitative estimate of drug-likeness (QED) is 0.373. The molecule has 16 heavy (non-hydrogen) atoms. The molecule has 0 saturated heterocycles. The van der Waals surface area contributed by atoms with E-state index >= 15 is 0 Å². The van der Waals surface area contributed by atoms with E-state index in [9.17, 15) is 9.59 Å². The molecule has 0 bridgehead atoms. The van der Waals surface area contributed by atoms with E-state index in [-0.39, 0.29) is 31.0 Å². The molecule has 2 amide bonds. The molecule has 0 aromatic carbocycles. The summed E-state index contributed by atoms with van der Waals surface area (Å²) in [4.78, 5) is 27.0. The maximum Gasteiger partial charge on any atom is 0.262 e. The fourth-order valence-corrected chi connectivity index (χ4v) is 0.811. The largest absolute Gasteiger partial charge is 0.386 e. The fraction of sp³-hybridized carbons (Fsp3) is 0.700. The first-order valence-corrected chi connectivity index (χ1v) is 5.26. The highest BCUT2D eigenvalue weighted by Gasteiger charge is 2.09. The Balaban J connectivity index is 3.58. The summed E-state index contributed by atoms with van der Waals surface area (Å²) in [5.74, 6) is -0.441. The first kappa shape index (κ1) is 14.4. The first-order chi connectivity index (χ1) is 7.61. The summed E-state index contributed by atoms with van der Waals surface area (Å²) in [5, 5.41) is 8.49. The van der Waals surface area contributed by atoms with Crippen molar-refractivity contribution < 1.29 is 14.4 Å². The highest BCUT2D eigenvalue weighted by atomic mass is 16.6. The topological polar surface area (TPSA) is 79.8 Å². The van der Waals surface area contributed by atoms with Gasteiger partial charge in [0.15, 0.2) is 6.61 Å². The number of rotatable bonds is 7. The molecule has 2 N–H and O–H groups in total. The number of nitrogens with zero attached hydrogens (tertiary/aromatic N) is 1. The zero-order valence-electron chi connectivity index (χ0n) is 9.95. The summed E-state index contributed by atoms with van der Waals surface area (Å²) in [7, 11) is 0. The lowest BCUT2D eigenvalue weighted by Gasteiger charge is -2.10. The van der Waals surface area contributed by atoms with E-state index in [2.05, 4.69) is 20.6 Å². The zero-order chi connectivity index (χ0) is 12.4. The molecule has 6 heteroatoms. The van der Waals surface area contributed by atoms with Gasteiger partial charge in [0.2, 0.25) is 5.91 Å². The van der Waals surface area contributed by atoms with E-state index in [0.29, 0.717) is 0 Å². The Morgan fingerprint density at radius 2 is 2.12 bits per heavy atom. The second-order valence-electron chi connectivity index (χ2n) is 3.26. The average molecular weight is 229 g/mol. The Bertz CT molecular complexity index is 254. The van der Waals surface area contributed by atoms with E-state index in [0.717, 1.165) is 6.42 Å². The number of amides is 2. The smallest absolute Gasteiger partial charge is 0.262 e. The molecule has 0 saturated carbocycles. The molecular formula is C10H19N3O3. The number of hydrogen-bond acceptors (Lipinski definition) is 4. The molecule has 0 aliphatic rings. The van der Waals surface area contributed by atoms with Gasteiger partial charge in [-0.2, -0.15) is 0 Å². The van der Waals surface area contributed by atoms with Gasteiger partial charge in [-0.3, -0.25) is 9.59 Å². The van der Waals surface area contributed by atoms with Gasteiger partial charge in [-0.05, 0) is 13.3 Å². The Hall–Kier alpha value is -1.59. The third kappa shape index (κ3) is 6.80. The average Bonchev–Trinajstić information content (AvgIpc) is 2.28. The molecule has 0 aliphatic heterocycles. The maximum atomic E-state index is 11.3. The molecule has 0 aromatic rings. The van der Waals surface area contributed by atoms with Crippen molar-refractivity contribution in [2.45, 2.75) is 27.2 Å². The fourth-order valence-electron chi connectivity index (χ4n) is 0.811. The van der Waals surface area contributed by atoms with Crippen LogP contribution in [-0.4, -0.2) is 31.3 Å². The minimum atomic E-state index is -0.324. The highest BCUT2D eigenvalue weighted by Crippen LogP contribution is 1.98. The van der Waals surface area contributed by atoms with Crippen LogP contribution < -0.4 is 10.6 Å². The Morgan fingerprint density at radius 3 is 2.69 bits per heavy atom. The van der Waals surface area contributed by atoms with Crippen LogP contribution in [0.2, 0.25) is 0 Å². The summed E-state index contributed by atoms with van der Waals surface area (Å²) in [6.07, 6.45) is 2.21. The number of carbonyl (C=O) groups excluding carboxylic acids is 2. The van der Waals surface area contributed by atoms with Crippen LogP contribution in [0.25, 0.3) is 0 Å². The van der Waals surface area contributed by atoms with Gasteiger partial charge in [-0.25, -0.2) is 0 Å². The molecule has 0 heterocycles. The van der Waals surface area contributed by atoms with Crippen LogP contribution in [0, 0.1) is 5.92 Å². The Kier molecular flexibility index (Phi) is 7.83. The van der Waals surface area contributed by atoms with Crippen LogP contribution in [0.1, 0.15) is 27.2 Å². The van der Waals surface area contributed by atoms with Crippen molar-refractivity contribution in [1.29, 1.82) is 0 Å². The second kappa shape index (κ2) is 8.70. The van der Waals surface area contributed by atoms with E-state index < -0.39 is 0 Å². The summed E-state index contributed by atoms with van der Waals surface area (Å²) in [6, 6.07) is 0. The number of hydrogen-bond donors (Lipinski definition) is 2.